The van der Waals surface area contributed by atoms with Crippen LogP contribution in [0.3, 0.4) is 0 Å². The molecule has 0 aromatic carbocycles. The summed E-state index contributed by atoms with van der Waals surface area (Å²) in [6.07, 6.45) is 1.47. The fourth-order valence-electron chi connectivity index (χ4n) is 1.37. The molecule has 1 heterocycles. The van der Waals surface area contributed by atoms with E-state index in [1.807, 2.05) is 13.0 Å². The molecule has 0 saturated heterocycles. The zero-order valence-corrected chi connectivity index (χ0v) is 10.5. The zero-order chi connectivity index (χ0) is 11.5. The summed E-state index contributed by atoms with van der Waals surface area (Å²) in [5.41, 5.74) is -0.976. The van der Waals surface area contributed by atoms with E-state index < -0.39 is 11.7 Å². The first kappa shape index (κ1) is 12.7. The highest BCUT2D eigenvalue weighted by molar-refractivity contribution is 7.11. The summed E-state index contributed by atoms with van der Waals surface area (Å²) < 4.78 is 0. The van der Waals surface area contributed by atoms with Gasteiger partial charge in [0, 0.05) is 16.2 Å². The summed E-state index contributed by atoms with van der Waals surface area (Å²) in [5, 5.41) is 19.7. The Hall–Kier alpha value is -0.380. The Morgan fingerprint density at radius 3 is 2.40 bits per heavy atom. The number of hydrogen-bond acceptors (Lipinski definition) is 3. The fraction of sp³-hybridized carbons (Fsp3) is 0.667. The first-order valence-corrected chi connectivity index (χ1v) is 6.29. The van der Waals surface area contributed by atoms with E-state index in [4.69, 9.17) is 0 Å². The van der Waals surface area contributed by atoms with E-state index in [-0.39, 0.29) is 0 Å². The molecule has 1 aromatic heterocycles. The number of thiophene rings is 1. The summed E-state index contributed by atoms with van der Waals surface area (Å²) in [4.78, 5) is 2.47. The maximum Gasteiger partial charge on any atom is 0.0878 e. The van der Waals surface area contributed by atoms with Gasteiger partial charge in [-0.3, -0.25) is 0 Å². The minimum Gasteiger partial charge on any atom is -0.390 e. The van der Waals surface area contributed by atoms with Gasteiger partial charge in [0.1, 0.15) is 0 Å². The van der Waals surface area contributed by atoms with Crippen LogP contribution in [0.5, 0.6) is 0 Å². The molecular weight excluding hydrogens is 208 g/mol. The van der Waals surface area contributed by atoms with E-state index in [9.17, 15) is 10.2 Å². The SMILES string of the molecule is CCc1ccc(CC(O)C(C)(O)CC)s1. The molecule has 86 valence electrons. The second-order valence-corrected chi connectivity index (χ2v) is 5.41. The predicted molar refractivity (Wildman–Crippen MR) is 64.3 cm³/mol. The molecule has 0 amide bonds. The average molecular weight is 228 g/mol. The van der Waals surface area contributed by atoms with Crippen LogP contribution in [-0.4, -0.2) is 21.9 Å². The zero-order valence-electron chi connectivity index (χ0n) is 9.66. The highest BCUT2D eigenvalue weighted by atomic mass is 32.1. The average Bonchev–Trinajstić information content (AvgIpc) is 2.65. The van der Waals surface area contributed by atoms with Crippen LogP contribution >= 0.6 is 11.3 Å². The van der Waals surface area contributed by atoms with Gasteiger partial charge in [-0.2, -0.15) is 0 Å². The largest absolute Gasteiger partial charge is 0.390 e. The number of aliphatic hydroxyl groups is 2. The summed E-state index contributed by atoms with van der Waals surface area (Å²) in [6, 6.07) is 4.13. The predicted octanol–water partition coefficient (Wildman–Crippen LogP) is 2.37. The molecule has 0 aliphatic carbocycles. The van der Waals surface area contributed by atoms with E-state index in [1.54, 1.807) is 18.3 Å². The van der Waals surface area contributed by atoms with E-state index in [1.165, 1.54) is 4.88 Å². The lowest BCUT2D eigenvalue weighted by Gasteiger charge is -2.27. The molecule has 2 atom stereocenters. The van der Waals surface area contributed by atoms with Gasteiger partial charge in [0.05, 0.1) is 11.7 Å². The molecule has 0 spiro atoms. The smallest absolute Gasteiger partial charge is 0.0878 e. The van der Waals surface area contributed by atoms with Crippen molar-refractivity contribution in [1.29, 1.82) is 0 Å². The van der Waals surface area contributed by atoms with Crippen molar-refractivity contribution in [2.45, 2.75) is 51.7 Å². The monoisotopic (exact) mass is 228 g/mol. The topological polar surface area (TPSA) is 40.5 Å². The van der Waals surface area contributed by atoms with Gasteiger partial charge in [0.25, 0.3) is 0 Å². The third-order valence-corrected chi connectivity index (χ3v) is 4.15. The molecule has 0 aliphatic rings. The Morgan fingerprint density at radius 1 is 1.33 bits per heavy atom. The Morgan fingerprint density at radius 2 is 1.93 bits per heavy atom. The summed E-state index contributed by atoms with van der Waals surface area (Å²) in [6.45, 7) is 5.69. The van der Waals surface area contributed by atoms with Crippen molar-refractivity contribution >= 4 is 11.3 Å². The third-order valence-electron chi connectivity index (χ3n) is 2.89. The van der Waals surface area contributed by atoms with Crippen molar-refractivity contribution in [3.63, 3.8) is 0 Å². The van der Waals surface area contributed by atoms with Crippen LogP contribution in [0.1, 0.15) is 36.9 Å². The third kappa shape index (κ3) is 3.30. The number of hydrogen-bond donors (Lipinski definition) is 2. The molecular formula is C12H20O2S. The Bertz CT molecular complexity index is 304. The van der Waals surface area contributed by atoms with E-state index >= 15 is 0 Å². The van der Waals surface area contributed by atoms with E-state index in [2.05, 4.69) is 13.0 Å². The second kappa shape index (κ2) is 5.10. The molecule has 0 aliphatic heterocycles. The molecule has 0 radical (unpaired) electrons. The Kier molecular flexibility index (Phi) is 4.32. The van der Waals surface area contributed by atoms with Gasteiger partial charge in [-0.25, -0.2) is 0 Å². The van der Waals surface area contributed by atoms with Gasteiger partial charge >= 0.3 is 0 Å². The van der Waals surface area contributed by atoms with E-state index in [0.29, 0.717) is 12.8 Å². The molecule has 1 rings (SSSR count). The van der Waals surface area contributed by atoms with Gasteiger partial charge in [0.15, 0.2) is 0 Å². The number of rotatable bonds is 5. The molecule has 2 nitrogen and oxygen atoms in total. The fourth-order valence-corrected chi connectivity index (χ4v) is 2.36. The summed E-state index contributed by atoms with van der Waals surface area (Å²) >= 11 is 1.72. The van der Waals surface area contributed by atoms with Gasteiger partial charge in [-0.15, -0.1) is 11.3 Å². The van der Waals surface area contributed by atoms with Crippen molar-refractivity contribution < 1.29 is 10.2 Å². The molecule has 3 heteroatoms. The van der Waals surface area contributed by atoms with Crippen LogP contribution in [0.4, 0.5) is 0 Å². The van der Waals surface area contributed by atoms with Crippen LogP contribution in [0.25, 0.3) is 0 Å². The molecule has 0 fully saturated rings. The highest BCUT2D eigenvalue weighted by Gasteiger charge is 2.28. The maximum absolute atomic E-state index is 9.87. The summed E-state index contributed by atoms with van der Waals surface area (Å²) in [7, 11) is 0. The molecule has 2 N–H and O–H groups in total. The Balaban J connectivity index is 2.61. The Labute approximate surface area is 95.6 Å². The van der Waals surface area contributed by atoms with Crippen molar-refractivity contribution in [2.24, 2.45) is 0 Å². The minimum atomic E-state index is -0.976. The van der Waals surface area contributed by atoms with Gasteiger partial charge in [0.2, 0.25) is 0 Å². The first-order valence-electron chi connectivity index (χ1n) is 5.47. The lowest BCUT2D eigenvalue weighted by Crippen LogP contribution is -2.39. The molecule has 0 saturated carbocycles. The van der Waals surface area contributed by atoms with Crippen molar-refractivity contribution in [3.05, 3.63) is 21.9 Å². The van der Waals surface area contributed by atoms with Gasteiger partial charge < -0.3 is 10.2 Å². The van der Waals surface area contributed by atoms with E-state index in [0.717, 1.165) is 11.3 Å². The van der Waals surface area contributed by atoms with Crippen LogP contribution in [0.2, 0.25) is 0 Å². The van der Waals surface area contributed by atoms with Crippen LogP contribution in [-0.2, 0) is 12.8 Å². The molecule has 2 unspecified atom stereocenters. The lowest BCUT2D eigenvalue weighted by atomic mass is 9.93. The molecule has 0 bridgehead atoms. The molecule has 1 aromatic rings. The van der Waals surface area contributed by atoms with Gasteiger partial charge in [-0.1, -0.05) is 13.8 Å². The maximum atomic E-state index is 9.87. The standard InChI is InChI=1S/C12H20O2S/c1-4-9-6-7-10(15-9)8-11(13)12(3,14)5-2/h6-7,11,13-14H,4-5,8H2,1-3H3. The number of aryl methyl sites for hydroxylation is 1. The minimum absolute atomic E-state index is 0.547. The number of aliphatic hydroxyl groups excluding tert-OH is 1. The van der Waals surface area contributed by atoms with Gasteiger partial charge in [-0.05, 0) is 31.9 Å². The van der Waals surface area contributed by atoms with Crippen molar-refractivity contribution in [1.82, 2.24) is 0 Å². The van der Waals surface area contributed by atoms with Crippen LogP contribution < -0.4 is 0 Å². The lowest BCUT2D eigenvalue weighted by molar-refractivity contribution is -0.0626. The second-order valence-electron chi connectivity index (χ2n) is 4.15. The van der Waals surface area contributed by atoms with Crippen molar-refractivity contribution in [2.75, 3.05) is 0 Å². The summed E-state index contributed by atoms with van der Waals surface area (Å²) in [5.74, 6) is 0. The normalized spacial score (nSPS) is 17.4. The van der Waals surface area contributed by atoms with Crippen LogP contribution in [0, 0.1) is 0 Å². The van der Waals surface area contributed by atoms with Crippen LogP contribution in [0.15, 0.2) is 12.1 Å². The molecule has 15 heavy (non-hydrogen) atoms. The first-order chi connectivity index (χ1) is 6.99. The highest BCUT2D eigenvalue weighted by Crippen LogP contribution is 2.23. The quantitative estimate of drug-likeness (QED) is 0.812. The van der Waals surface area contributed by atoms with Crippen molar-refractivity contribution in [3.8, 4) is 0 Å².